The molecule has 0 fully saturated rings. The van der Waals surface area contributed by atoms with Crippen LogP contribution in [0.2, 0.25) is 0 Å². The number of rotatable bonds is 7. The van der Waals surface area contributed by atoms with Crippen LogP contribution in [0.4, 0.5) is 0 Å². The molecule has 1 unspecified atom stereocenters. The molecule has 25 heavy (non-hydrogen) atoms. The van der Waals surface area contributed by atoms with Gasteiger partial charge in [-0.2, -0.15) is 0 Å². The van der Waals surface area contributed by atoms with Crippen molar-refractivity contribution in [2.75, 3.05) is 6.61 Å². The molecule has 1 atom stereocenters. The third-order valence-corrected chi connectivity index (χ3v) is 3.83. The SMILES string of the molecule is C=CCOc1ccc(C2=NOC(C(=O)NCc3ccccc3)C2)cc1. The van der Waals surface area contributed by atoms with E-state index in [2.05, 4.69) is 17.1 Å². The van der Waals surface area contributed by atoms with E-state index in [1.54, 1.807) is 6.08 Å². The van der Waals surface area contributed by atoms with Gasteiger partial charge in [0.2, 0.25) is 6.10 Å². The van der Waals surface area contributed by atoms with Crippen molar-refractivity contribution in [2.45, 2.75) is 19.1 Å². The van der Waals surface area contributed by atoms with Gasteiger partial charge in [-0.05, 0) is 35.4 Å². The lowest BCUT2D eigenvalue weighted by atomic mass is 10.0. The van der Waals surface area contributed by atoms with Crippen LogP contribution in [0.3, 0.4) is 0 Å². The van der Waals surface area contributed by atoms with Crippen molar-refractivity contribution in [3.8, 4) is 5.75 Å². The molecule has 0 saturated heterocycles. The minimum absolute atomic E-state index is 0.159. The van der Waals surface area contributed by atoms with Crippen LogP contribution in [-0.4, -0.2) is 24.3 Å². The summed E-state index contributed by atoms with van der Waals surface area (Å²) in [5.74, 6) is 0.605. The second-order valence-electron chi connectivity index (χ2n) is 5.66. The lowest BCUT2D eigenvalue weighted by Gasteiger charge is -2.09. The molecule has 1 aliphatic heterocycles. The summed E-state index contributed by atoms with van der Waals surface area (Å²) in [4.78, 5) is 17.5. The molecule has 1 heterocycles. The maximum atomic E-state index is 12.2. The standard InChI is InChI=1S/C20H20N2O3/c1-2-12-24-17-10-8-16(9-11-17)18-13-19(25-22-18)20(23)21-14-15-6-4-3-5-7-15/h2-11,19H,1,12-14H2,(H,21,23). The Morgan fingerprint density at radius 2 is 2.00 bits per heavy atom. The Balaban J connectivity index is 1.52. The maximum absolute atomic E-state index is 12.2. The van der Waals surface area contributed by atoms with Crippen molar-refractivity contribution in [1.29, 1.82) is 0 Å². The van der Waals surface area contributed by atoms with E-state index >= 15 is 0 Å². The Hall–Kier alpha value is -3.08. The minimum Gasteiger partial charge on any atom is -0.490 e. The maximum Gasteiger partial charge on any atom is 0.264 e. The first-order chi connectivity index (χ1) is 12.3. The smallest absolute Gasteiger partial charge is 0.264 e. The quantitative estimate of drug-likeness (QED) is 0.791. The van der Waals surface area contributed by atoms with E-state index in [1.165, 1.54) is 0 Å². The van der Waals surface area contributed by atoms with Gasteiger partial charge in [0.1, 0.15) is 12.4 Å². The summed E-state index contributed by atoms with van der Waals surface area (Å²) in [6.07, 6.45) is 1.56. The number of oxime groups is 1. The molecule has 0 aliphatic carbocycles. The van der Waals surface area contributed by atoms with Crippen LogP contribution in [0.25, 0.3) is 0 Å². The summed E-state index contributed by atoms with van der Waals surface area (Å²) < 4.78 is 5.45. The van der Waals surface area contributed by atoms with Gasteiger partial charge >= 0.3 is 0 Å². The van der Waals surface area contributed by atoms with Crippen molar-refractivity contribution < 1.29 is 14.4 Å². The largest absolute Gasteiger partial charge is 0.490 e. The Bertz CT molecular complexity index is 754. The molecular formula is C20H20N2O3. The molecule has 0 saturated carbocycles. The first-order valence-corrected chi connectivity index (χ1v) is 8.14. The second kappa shape index (κ2) is 8.15. The van der Waals surface area contributed by atoms with Gasteiger partial charge in [-0.3, -0.25) is 4.79 Å². The van der Waals surface area contributed by atoms with E-state index in [4.69, 9.17) is 9.57 Å². The molecule has 0 spiro atoms. The van der Waals surface area contributed by atoms with Gasteiger partial charge < -0.3 is 14.9 Å². The van der Waals surface area contributed by atoms with Crippen LogP contribution in [0.5, 0.6) is 5.75 Å². The van der Waals surface area contributed by atoms with E-state index in [-0.39, 0.29) is 5.91 Å². The molecule has 0 radical (unpaired) electrons. The van der Waals surface area contributed by atoms with Crippen LogP contribution < -0.4 is 10.1 Å². The van der Waals surface area contributed by atoms with Crippen LogP contribution in [-0.2, 0) is 16.2 Å². The second-order valence-corrected chi connectivity index (χ2v) is 5.66. The van der Waals surface area contributed by atoms with E-state index in [0.29, 0.717) is 19.6 Å². The van der Waals surface area contributed by atoms with E-state index < -0.39 is 6.10 Å². The number of amides is 1. The zero-order chi connectivity index (χ0) is 17.5. The number of hydrogen-bond acceptors (Lipinski definition) is 4. The van der Waals surface area contributed by atoms with Crippen molar-refractivity contribution in [2.24, 2.45) is 5.16 Å². The van der Waals surface area contributed by atoms with Crippen molar-refractivity contribution in [3.05, 3.63) is 78.4 Å². The molecule has 1 N–H and O–H groups in total. The summed E-state index contributed by atoms with van der Waals surface area (Å²) >= 11 is 0. The summed E-state index contributed by atoms with van der Waals surface area (Å²) in [5, 5.41) is 6.93. The Morgan fingerprint density at radius 3 is 2.72 bits per heavy atom. The highest BCUT2D eigenvalue weighted by atomic mass is 16.6. The van der Waals surface area contributed by atoms with Gasteiger partial charge in [0, 0.05) is 13.0 Å². The van der Waals surface area contributed by atoms with E-state index in [1.807, 2.05) is 54.6 Å². The summed E-state index contributed by atoms with van der Waals surface area (Å²) in [6.45, 7) is 4.56. The van der Waals surface area contributed by atoms with Crippen molar-refractivity contribution in [3.63, 3.8) is 0 Å². The van der Waals surface area contributed by atoms with Gasteiger partial charge in [-0.15, -0.1) is 0 Å². The fraction of sp³-hybridized carbons (Fsp3) is 0.200. The predicted molar refractivity (Wildman–Crippen MR) is 96.4 cm³/mol. The fourth-order valence-electron chi connectivity index (χ4n) is 2.49. The third-order valence-electron chi connectivity index (χ3n) is 3.83. The number of benzene rings is 2. The number of nitrogens with one attached hydrogen (secondary N) is 1. The van der Waals surface area contributed by atoms with Crippen LogP contribution in [0, 0.1) is 0 Å². The lowest BCUT2D eigenvalue weighted by Crippen LogP contribution is -2.34. The molecule has 1 amide bonds. The number of ether oxygens (including phenoxy) is 1. The van der Waals surface area contributed by atoms with Crippen LogP contribution >= 0.6 is 0 Å². The van der Waals surface area contributed by atoms with Crippen molar-refractivity contribution >= 4 is 11.6 Å². The van der Waals surface area contributed by atoms with Crippen LogP contribution in [0.15, 0.2) is 72.4 Å². The number of carbonyl (C=O) groups excluding carboxylic acids is 1. The average Bonchev–Trinajstić information content (AvgIpc) is 3.16. The van der Waals surface area contributed by atoms with Gasteiger partial charge in [0.05, 0.1) is 5.71 Å². The Labute approximate surface area is 147 Å². The Morgan fingerprint density at radius 1 is 1.24 bits per heavy atom. The lowest BCUT2D eigenvalue weighted by molar-refractivity contribution is -0.131. The zero-order valence-corrected chi connectivity index (χ0v) is 13.9. The van der Waals surface area contributed by atoms with Gasteiger partial charge in [-0.25, -0.2) is 0 Å². The summed E-state index contributed by atoms with van der Waals surface area (Å²) in [6, 6.07) is 17.3. The Kier molecular flexibility index (Phi) is 5.46. The number of carbonyl (C=O) groups is 1. The third kappa shape index (κ3) is 4.47. The van der Waals surface area contributed by atoms with Gasteiger partial charge in [-0.1, -0.05) is 48.1 Å². The van der Waals surface area contributed by atoms with Crippen molar-refractivity contribution in [1.82, 2.24) is 5.32 Å². The summed E-state index contributed by atoms with van der Waals surface area (Å²) in [5.41, 5.74) is 2.73. The molecule has 1 aliphatic rings. The van der Waals surface area contributed by atoms with Crippen LogP contribution in [0.1, 0.15) is 17.5 Å². The monoisotopic (exact) mass is 336 g/mol. The zero-order valence-electron chi connectivity index (χ0n) is 13.9. The van der Waals surface area contributed by atoms with Gasteiger partial charge in [0.25, 0.3) is 5.91 Å². The number of hydrogen-bond donors (Lipinski definition) is 1. The minimum atomic E-state index is -0.588. The molecule has 5 heteroatoms. The molecule has 0 bridgehead atoms. The highest BCUT2D eigenvalue weighted by Gasteiger charge is 2.28. The van der Waals surface area contributed by atoms with E-state index in [9.17, 15) is 4.79 Å². The molecule has 2 aromatic carbocycles. The molecule has 3 rings (SSSR count). The molecule has 0 aromatic heterocycles. The highest BCUT2D eigenvalue weighted by Crippen LogP contribution is 2.19. The molecule has 5 nitrogen and oxygen atoms in total. The average molecular weight is 336 g/mol. The molecular weight excluding hydrogens is 316 g/mol. The predicted octanol–water partition coefficient (Wildman–Crippen LogP) is 3.06. The molecule has 128 valence electrons. The van der Waals surface area contributed by atoms with E-state index in [0.717, 1.165) is 22.6 Å². The first-order valence-electron chi connectivity index (χ1n) is 8.14. The topological polar surface area (TPSA) is 59.9 Å². The highest BCUT2D eigenvalue weighted by molar-refractivity contribution is 6.04. The summed E-state index contributed by atoms with van der Waals surface area (Å²) in [7, 11) is 0. The molecule has 2 aromatic rings. The van der Waals surface area contributed by atoms with Gasteiger partial charge in [0.15, 0.2) is 0 Å². The fourth-order valence-corrected chi connectivity index (χ4v) is 2.49. The first kappa shape index (κ1) is 16.8. The number of nitrogens with zero attached hydrogens (tertiary/aromatic N) is 1. The normalized spacial score (nSPS) is 15.8.